The summed E-state index contributed by atoms with van der Waals surface area (Å²) in [6, 6.07) is 14.7. The van der Waals surface area contributed by atoms with E-state index in [1.807, 2.05) is 0 Å². The van der Waals surface area contributed by atoms with Crippen LogP contribution in [0.3, 0.4) is 0 Å². The molecule has 148 valence electrons. The van der Waals surface area contributed by atoms with E-state index in [4.69, 9.17) is 4.74 Å². The molecule has 0 saturated heterocycles. The second kappa shape index (κ2) is 13.4. The molecule has 2 heteroatoms. The van der Waals surface area contributed by atoms with E-state index in [1.54, 1.807) is 0 Å². The van der Waals surface area contributed by atoms with Crippen molar-refractivity contribution in [1.82, 2.24) is 0 Å². The van der Waals surface area contributed by atoms with E-state index >= 15 is 0 Å². The molecule has 0 radical (unpaired) electrons. The molecule has 0 amide bonds. The Morgan fingerprint density at radius 1 is 0.778 bits per heavy atom. The predicted octanol–water partition coefficient (Wildman–Crippen LogP) is 7.24. The summed E-state index contributed by atoms with van der Waals surface area (Å²) in [5.74, 6) is -0.0465. The fourth-order valence-electron chi connectivity index (χ4n) is 3.61. The normalized spacial score (nSPS) is 11.0. The molecule has 0 atom stereocenters. The minimum atomic E-state index is -0.0465. The summed E-state index contributed by atoms with van der Waals surface area (Å²) >= 11 is 0. The van der Waals surface area contributed by atoms with E-state index in [0.717, 1.165) is 19.3 Å². The lowest BCUT2D eigenvalue weighted by molar-refractivity contribution is -0.143. The Kier molecular flexibility index (Phi) is 10.6. The van der Waals surface area contributed by atoms with Crippen molar-refractivity contribution in [2.45, 2.75) is 84.0 Å². The maximum absolute atomic E-state index is 11.9. The molecule has 0 N–H and O–H groups in total. The zero-order valence-electron chi connectivity index (χ0n) is 17.1. The Morgan fingerprint density at radius 3 is 2.15 bits per heavy atom. The Balaban J connectivity index is 1.50. The molecule has 2 aromatic carbocycles. The average molecular weight is 369 g/mol. The van der Waals surface area contributed by atoms with Gasteiger partial charge in [0.1, 0.15) is 0 Å². The second-order valence-electron chi connectivity index (χ2n) is 7.54. The summed E-state index contributed by atoms with van der Waals surface area (Å²) in [4.78, 5) is 11.9. The lowest BCUT2D eigenvalue weighted by Gasteiger charge is -2.08. The minimum Gasteiger partial charge on any atom is -0.465 e. The fraction of sp³-hybridized carbons (Fsp3) is 0.560. The lowest BCUT2D eigenvalue weighted by atomic mass is 10.0. The number of carbonyl (C=O) groups excluding carboxylic acids is 1. The van der Waals surface area contributed by atoms with Gasteiger partial charge in [0.2, 0.25) is 0 Å². The first-order valence-corrected chi connectivity index (χ1v) is 10.9. The van der Waals surface area contributed by atoms with Gasteiger partial charge in [0.15, 0.2) is 0 Å². The van der Waals surface area contributed by atoms with Crippen LogP contribution in [-0.2, 0) is 16.0 Å². The SMILES string of the molecule is CCCCCCCCCCCCC(=O)OCCc1cccc2ccccc12. The highest BCUT2D eigenvalue weighted by Gasteiger charge is 2.05. The molecule has 2 rings (SSSR count). The van der Waals surface area contributed by atoms with Gasteiger partial charge in [0, 0.05) is 12.8 Å². The van der Waals surface area contributed by atoms with Crippen molar-refractivity contribution in [1.29, 1.82) is 0 Å². The molecule has 2 aromatic rings. The Morgan fingerprint density at radius 2 is 1.41 bits per heavy atom. The van der Waals surface area contributed by atoms with Crippen molar-refractivity contribution in [2.75, 3.05) is 6.61 Å². The topological polar surface area (TPSA) is 26.3 Å². The summed E-state index contributed by atoms with van der Waals surface area (Å²) in [6.45, 7) is 2.74. The summed E-state index contributed by atoms with van der Waals surface area (Å²) in [5, 5.41) is 2.50. The fourth-order valence-corrected chi connectivity index (χ4v) is 3.61. The van der Waals surface area contributed by atoms with Gasteiger partial charge in [-0.25, -0.2) is 0 Å². The molecule has 0 aliphatic rings. The first-order chi connectivity index (χ1) is 13.3. The molecule has 0 bridgehead atoms. The molecule has 0 saturated carbocycles. The van der Waals surface area contributed by atoms with Crippen LogP contribution in [0.4, 0.5) is 0 Å². The van der Waals surface area contributed by atoms with E-state index in [1.165, 1.54) is 67.7 Å². The van der Waals surface area contributed by atoms with Crippen LogP contribution in [0.15, 0.2) is 42.5 Å². The van der Waals surface area contributed by atoms with Gasteiger partial charge in [-0.05, 0) is 22.8 Å². The van der Waals surface area contributed by atoms with Crippen molar-refractivity contribution in [3.05, 3.63) is 48.0 Å². The number of ether oxygens (including phenoxy) is 1. The number of benzene rings is 2. The first kappa shape index (κ1) is 21.5. The largest absolute Gasteiger partial charge is 0.465 e. The van der Waals surface area contributed by atoms with Gasteiger partial charge in [-0.1, -0.05) is 107 Å². The van der Waals surface area contributed by atoms with E-state index in [-0.39, 0.29) is 5.97 Å². The van der Waals surface area contributed by atoms with Crippen molar-refractivity contribution in [3.8, 4) is 0 Å². The van der Waals surface area contributed by atoms with Gasteiger partial charge in [-0.15, -0.1) is 0 Å². The van der Waals surface area contributed by atoms with Crippen LogP contribution in [-0.4, -0.2) is 12.6 Å². The third kappa shape index (κ3) is 8.60. The van der Waals surface area contributed by atoms with E-state index in [9.17, 15) is 4.79 Å². The zero-order chi connectivity index (χ0) is 19.2. The number of esters is 1. The lowest BCUT2D eigenvalue weighted by Crippen LogP contribution is -2.07. The van der Waals surface area contributed by atoms with Crippen molar-refractivity contribution >= 4 is 16.7 Å². The number of hydrogen-bond donors (Lipinski definition) is 0. The van der Waals surface area contributed by atoms with Crippen LogP contribution in [0.5, 0.6) is 0 Å². The highest BCUT2D eigenvalue weighted by molar-refractivity contribution is 5.85. The Labute approximate surface area is 165 Å². The Bertz CT molecular complexity index is 657. The number of unbranched alkanes of at least 4 members (excludes halogenated alkanes) is 9. The van der Waals surface area contributed by atoms with Crippen LogP contribution >= 0.6 is 0 Å². The maximum Gasteiger partial charge on any atom is 0.305 e. The summed E-state index contributed by atoms with van der Waals surface area (Å²) in [7, 11) is 0. The van der Waals surface area contributed by atoms with Crippen LogP contribution in [0, 0.1) is 0 Å². The smallest absolute Gasteiger partial charge is 0.305 e. The molecule has 0 aliphatic carbocycles. The van der Waals surface area contributed by atoms with Gasteiger partial charge in [0.05, 0.1) is 6.61 Å². The van der Waals surface area contributed by atoms with Gasteiger partial charge in [-0.3, -0.25) is 4.79 Å². The van der Waals surface area contributed by atoms with Crippen LogP contribution in [0.2, 0.25) is 0 Å². The van der Waals surface area contributed by atoms with Gasteiger partial charge in [0.25, 0.3) is 0 Å². The Hall–Kier alpha value is -1.83. The molecule has 0 aliphatic heterocycles. The third-order valence-corrected chi connectivity index (χ3v) is 5.25. The van der Waals surface area contributed by atoms with Crippen molar-refractivity contribution in [2.24, 2.45) is 0 Å². The quantitative estimate of drug-likeness (QED) is 0.259. The third-order valence-electron chi connectivity index (χ3n) is 5.25. The van der Waals surface area contributed by atoms with Crippen molar-refractivity contribution < 1.29 is 9.53 Å². The van der Waals surface area contributed by atoms with Gasteiger partial charge < -0.3 is 4.74 Å². The summed E-state index contributed by atoms with van der Waals surface area (Å²) < 4.78 is 5.44. The molecule has 0 spiro atoms. The highest BCUT2D eigenvalue weighted by atomic mass is 16.5. The maximum atomic E-state index is 11.9. The van der Waals surface area contributed by atoms with Crippen molar-refractivity contribution in [3.63, 3.8) is 0 Å². The predicted molar refractivity (Wildman–Crippen MR) is 115 cm³/mol. The van der Waals surface area contributed by atoms with Crippen LogP contribution in [0.25, 0.3) is 10.8 Å². The monoisotopic (exact) mass is 368 g/mol. The number of hydrogen-bond acceptors (Lipinski definition) is 2. The van der Waals surface area contributed by atoms with Crippen LogP contribution < -0.4 is 0 Å². The molecular weight excluding hydrogens is 332 g/mol. The molecule has 0 unspecified atom stereocenters. The van der Waals surface area contributed by atoms with E-state index in [2.05, 4.69) is 49.4 Å². The summed E-state index contributed by atoms with van der Waals surface area (Å²) in [5.41, 5.74) is 1.25. The minimum absolute atomic E-state index is 0.0465. The molecule has 0 heterocycles. The molecule has 0 aromatic heterocycles. The molecular formula is C25H36O2. The van der Waals surface area contributed by atoms with Gasteiger partial charge in [-0.2, -0.15) is 0 Å². The molecule has 27 heavy (non-hydrogen) atoms. The van der Waals surface area contributed by atoms with E-state index < -0.39 is 0 Å². The standard InChI is InChI=1S/C25H36O2/c1-2-3-4-5-6-7-8-9-10-11-19-25(26)27-21-20-23-17-14-16-22-15-12-13-18-24(22)23/h12-18H,2-11,19-21H2,1H3. The zero-order valence-corrected chi connectivity index (χ0v) is 17.1. The summed E-state index contributed by atoms with van der Waals surface area (Å²) in [6.07, 6.45) is 14.2. The second-order valence-corrected chi connectivity index (χ2v) is 7.54. The first-order valence-electron chi connectivity index (χ1n) is 10.9. The van der Waals surface area contributed by atoms with Gasteiger partial charge >= 0.3 is 5.97 Å². The van der Waals surface area contributed by atoms with Crippen LogP contribution in [0.1, 0.15) is 83.1 Å². The average Bonchev–Trinajstić information content (AvgIpc) is 2.69. The molecule has 0 fully saturated rings. The molecule has 2 nitrogen and oxygen atoms in total. The highest BCUT2D eigenvalue weighted by Crippen LogP contribution is 2.19. The number of fused-ring (bicyclic) bond motifs is 1. The number of rotatable bonds is 14. The van der Waals surface area contributed by atoms with E-state index in [0.29, 0.717) is 13.0 Å². The number of carbonyl (C=O) groups is 1.